The van der Waals surface area contributed by atoms with Crippen LogP contribution in [0.25, 0.3) is 0 Å². The Morgan fingerprint density at radius 2 is 2.12 bits per heavy atom. The molecule has 0 saturated heterocycles. The molecule has 6 heteroatoms. The van der Waals surface area contributed by atoms with Crippen molar-refractivity contribution in [3.05, 3.63) is 24.0 Å². The SMILES string of the molecule is N#Cc1cc(NCCCCC(F)(F)F)ccn1. The van der Waals surface area contributed by atoms with E-state index in [-0.39, 0.29) is 12.1 Å². The van der Waals surface area contributed by atoms with Gasteiger partial charge >= 0.3 is 6.18 Å². The summed E-state index contributed by atoms with van der Waals surface area (Å²) in [6.07, 6.45) is -2.81. The van der Waals surface area contributed by atoms with Gasteiger partial charge in [0.05, 0.1) is 0 Å². The number of hydrogen-bond acceptors (Lipinski definition) is 3. The number of halogens is 3. The first-order chi connectivity index (χ1) is 8.01. The maximum atomic E-state index is 11.8. The zero-order valence-corrected chi connectivity index (χ0v) is 9.09. The maximum Gasteiger partial charge on any atom is 0.389 e. The molecule has 0 fully saturated rings. The molecule has 92 valence electrons. The molecule has 0 aliphatic heterocycles. The fraction of sp³-hybridized carbons (Fsp3) is 0.455. The van der Waals surface area contributed by atoms with E-state index < -0.39 is 12.6 Å². The molecule has 1 aromatic rings. The minimum absolute atomic E-state index is 0.104. The highest BCUT2D eigenvalue weighted by Crippen LogP contribution is 2.22. The van der Waals surface area contributed by atoms with Crippen molar-refractivity contribution < 1.29 is 13.2 Å². The van der Waals surface area contributed by atoms with Gasteiger partial charge in [-0.15, -0.1) is 0 Å². The van der Waals surface area contributed by atoms with Gasteiger partial charge in [-0.3, -0.25) is 0 Å². The zero-order valence-electron chi connectivity index (χ0n) is 9.09. The molecule has 1 aromatic heterocycles. The Hall–Kier alpha value is -1.77. The molecule has 0 bridgehead atoms. The van der Waals surface area contributed by atoms with Crippen molar-refractivity contribution in [2.24, 2.45) is 0 Å². The first-order valence-corrected chi connectivity index (χ1v) is 5.18. The number of hydrogen-bond donors (Lipinski definition) is 1. The number of alkyl halides is 3. The van der Waals surface area contributed by atoms with Crippen LogP contribution >= 0.6 is 0 Å². The lowest BCUT2D eigenvalue weighted by Gasteiger charge is -2.07. The smallest absolute Gasteiger partial charge is 0.385 e. The van der Waals surface area contributed by atoms with Crippen molar-refractivity contribution in [1.29, 1.82) is 5.26 Å². The van der Waals surface area contributed by atoms with Gasteiger partial charge in [0.25, 0.3) is 0 Å². The van der Waals surface area contributed by atoms with Gasteiger partial charge < -0.3 is 5.32 Å². The lowest BCUT2D eigenvalue weighted by Crippen LogP contribution is -2.08. The molecule has 1 rings (SSSR count). The highest BCUT2D eigenvalue weighted by atomic mass is 19.4. The summed E-state index contributed by atoms with van der Waals surface area (Å²) in [7, 11) is 0. The van der Waals surface area contributed by atoms with Crippen LogP contribution in [0.3, 0.4) is 0 Å². The Bertz CT molecular complexity index is 396. The standard InChI is InChI=1S/C11H12F3N3/c12-11(13,14)4-1-2-5-16-9-3-6-17-10(7-9)8-15/h3,6-7H,1-2,4-5H2,(H,16,17). The topological polar surface area (TPSA) is 48.7 Å². The molecule has 17 heavy (non-hydrogen) atoms. The van der Waals surface area contributed by atoms with Crippen LogP contribution in [0.2, 0.25) is 0 Å². The number of nitriles is 1. The third-order valence-corrected chi connectivity index (χ3v) is 2.09. The molecule has 0 aliphatic carbocycles. The second-order valence-electron chi connectivity index (χ2n) is 3.54. The number of aromatic nitrogens is 1. The quantitative estimate of drug-likeness (QED) is 0.808. The van der Waals surface area contributed by atoms with E-state index in [1.54, 1.807) is 12.1 Å². The number of nitrogens with one attached hydrogen (secondary N) is 1. The summed E-state index contributed by atoms with van der Waals surface area (Å²) >= 11 is 0. The predicted molar refractivity (Wildman–Crippen MR) is 57.3 cm³/mol. The highest BCUT2D eigenvalue weighted by molar-refractivity contribution is 5.45. The number of rotatable bonds is 5. The van der Waals surface area contributed by atoms with Crippen molar-refractivity contribution in [3.63, 3.8) is 0 Å². The Morgan fingerprint density at radius 3 is 2.76 bits per heavy atom. The Morgan fingerprint density at radius 1 is 1.35 bits per heavy atom. The highest BCUT2D eigenvalue weighted by Gasteiger charge is 2.25. The van der Waals surface area contributed by atoms with Gasteiger partial charge in [0.1, 0.15) is 11.8 Å². The van der Waals surface area contributed by atoms with E-state index in [1.165, 1.54) is 6.20 Å². The van der Waals surface area contributed by atoms with Gasteiger partial charge in [0, 0.05) is 24.8 Å². The van der Waals surface area contributed by atoms with Crippen LogP contribution in [-0.4, -0.2) is 17.7 Å². The van der Waals surface area contributed by atoms with Crippen molar-refractivity contribution in [3.8, 4) is 6.07 Å². The molecule has 3 nitrogen and oxygen atoms in total. The summed E-state index contributed by atoms with van der Waals surface area (Å²) < 4.78 is 35.5. The molecule has 0 aliphatic rings. The average Bonchev–Trinajstić information content (AvgIpc) is 2.27. The molecular formula is C11H12F3N3. The second kappa shape index (κ2) is 6.09. The van der Waals surface area contributed by atoms with Crippen LogP contribution < -0.4 is 5.32 Å². The van der Waals surface area contributed by atoms with Gasteiger partial charge in [0.2, 0.25) is 0 Å². The second-order valence-corrected chi connectivity index (χ2v) is 3.54. The van der Waals surface area contributed by atoms with E-state index in [4.69, 9.17) is 5.26 Å². The summed E-state index contributed by atoms with van der Waals surface area (Å²) in [5.74, 6) is 0. The Labute approximate surface area is 97.3 Å². The van der Waals surface area contributed by atoms with E-state index in [0.29, 0.717) is 18.7 Å². The molecule has 0 atom stereocenters. The average molecular weight is 243 g/mol. The van der Waals surface area contributed by atoms with Gasteiger partial charge in [0.15, 0.2) is 0 Å². The van der Waals surface area contributed by atoms with Gasteiger partial charge in [-0.1, -0.05) is 0 Å². The van der Waals surface area contributed by atoms with E-state index in [2.05, 4.69) is 10.3 Å². The predicted octanol–water partition coefficient (Wildman–Crippen LogP) is 3.10. The third kappa shape index (κ3) is 5.76. The van der Waals surface area contributed by atoms with Crippen molar-refractivity contribution in [2.45, 2.75) is 25.4 Å². The lowest BCUT2D eigenvalue weighted by atomic mass is 10.2. The fourth-order valence-corrected chi connectivity index (χ4v) is 1.28. The van der Waals surface area contributed by atoms with Crippen LogP contribution in [0.5, 0.6) is 0 Å². The van der Waals surface area contributed by atoms with E-state index >= 15 is 0 Å². The third-order valence-electron chi connectivity index (χ3n) is 2.09. The van der Waals surface area contributed by atoms with Crippen LogP contribution in [0, 0.1) is 11.3 Å². The van der Waals surface area contributed by atoms with Gasteiger partial charge in [-0.25, -0.2) is 4.98 Å². The molecule has 1 heterocycles. The molecular weight excluding hydrogens is 231 g/mol. The molecule has 0 saturated carbocycles. The van der Waals surface area contributed by atoms with E-state index in [0.717, 1.165) is 0 Å². The largest absolute Gasteiger partial charge is 0.389 e. The van der Waals surface area contributed by atoms with Crippen molar-refractivity contribution >= 4 is 5.69 Å². The number of nitrogens with zero attached hydrogens (tertiary/aromatic N) is 2. The first-order valence-electron chi connectivity index (χ1n) is 5.18. The fourth-order valence-electron chi connectivity index (χ4n) is 1.28. The number of pyridine rings is 1. The summed E-state index contributed by atoms with van der Waals surface area (Å²) in [6.45, 7) is 0.449. The lowest BCUT2D eigenvalue weighted by molar-refractivity contribution is -0.135. The van der Waals surface area contributed by atoms with E-state index in [9.17, 15) is 13.2 Å². The summed E-state index contributed by atoms with van der Waals surface area (Å²) in [5, 5.41) is 11.5. The van der Waals surface area contributed by atoms with Crippen LogP contribution in [0.15, 0.2) is 18.3 Å². The van der Waals surface area contributed by atoms with Gasteiger partial charge in [-0.2, -0.15) is 18.4 Å². The monoisotopic (exact) mass is 243 g/mol. The minimum atomic E-state index is -4.08. The van der Waals surface area contributed by atoms with Crippen LogP contribution in [0.1, 0.15) is 25.0 Å². The molecule has 0 unspecified atom stereocenters. The van der Waals surface area contributed by atoms with Crippen LogP contribution in [0.4, 0.5) is 18.9 Å². The van der Waals surface area contributed by atoms with Crippen molar-refractivity contribution in [1.82, 2.24) is 4.98 Å². The number of unbranched alkanes of at least 4 members (excludes halogenated alkanes) is 1. The maximum absolute atomic E-state index is 11.8. The number of anilines is 1. The Kier molecular flexibility index (Phi) is 4.76. The molecule has 0 aromatic carbocycles. The van der Waals surface area contributed by atoms with Gasteiger partial charge in [-0.05, 0) is 25.0 Å². The summed E-state index contributed by atoms with van der Waals surface area (Å²) in [4.78, 5) is 3.78. The zero-order chi connectivity index (χ0) is 12.7. The normalized spacial score (nSPS) is 10.9. The van der Waals surface area contributed by atoms with Crippen LogP contribution in [-0.2, 0) is 0 Å². The molecule has 0 radical (unpaired) electrons. The summed E-state index contributed by atoms with van der Waals surface area (Å²) in [6, 6.07) is 5.12. The van der Waals surface area contributed by atoms with E-state index in [1.807, 2.05) is 6.07 Å². The first kappa shape index (κ1) is 13.3. The Balaban J connectivity index is 2.25. The molecule has 1 N–H and O–H groups in total. The molecule has 0 amide bonds. The summed E-state index contributed by atoms with van der Waals surface area (Å²) in [5.41, 5.74) is 0.980. The molecule has 0 spiro atoms. The van der Waals surface area contributed by atoms with Crippen molar-refractivity contribution in [2.75, 3.05) is 11.9 Å². The minimum Gasteiger partial charge on any atom is -0.385 e.